The number of nitriles is 1. The van der Waals surface area contributed by atoms with Gasteiger partial charge in [-0.2, -0.15) is 5.26 Å². The Labute approximate surface area is 54.3 Å². The molecule has 0 bridgehead atoms. The summed E-state index contributed by atoms with van der Waals surface area (Å²) < 4.78 is 0. The first-order chi connectivity index (χ1) is 4.27. The van der Waals surface area contributed by atoms with Crippen molar-refractivity contribution >= 4 is 0 Å². The van der Waals surface area contributed by atoms with Crippen LogP contribution in [0.25, 0.3) is 0 Å². The Hall–Kier alpha value is -0.590. The Morgan fingerprint density at radius 2 is 2.56 bits per heavy atom. The predicted molar refractivity (Wildman–Crippen MR) is 32.7 cm³/mol. The normalized spacial score (nSPS) is 34.2. The van der Waals surface area contributed by atoms with Crippen molar-refractivity contribution in [2.45, 2.75) is 18.4 Å². The van der Waals surface area contributed by atoms with Gasteiger partial charge in [-0.3, -0.25) is 0 Å². The van der Waals surface area contributed by atoms with Crippen LogP contribution in [0.15, 0.2) is 0 Å². The zero-order valence-electron chi connectivity index (χ0n) is 5.22. The predicted octanol–water partition coefficient (Wildman–Crippen LogP) is -0.376. The van der Waals surface area contributed by atoms with Crippen molar-refractivity contribution in [1.82, 2.24) is 5.32 Å². The minimum atomic E-state index is -0.727. The fourth-order valence-electron chi connectivity index (χ4n) is 1.03. The smallest absolute Gasteiger partial charge is 0.0912 e. The van der Waals surface area contributed by atoms with E-state index in [-0.39, 0.29) is 6.42 Å². The molecule has 1 rings (SSSR count). The molecule has 3 heteroatoms. The highest BCUT2D eigenvalue weighted by Crippen LogP contribution is 2.16. The summed E-state index contributed by atoms with van der Waals surface area (Å²) in [4.78, 5) is 0. The SMILES string of the molecule is N#CC[C@]1(O)CCNC1. The van der Waals surface area contributed by atoms with E-state index in [0.29, 0.717) is 13.0 Å². The van der Waals surface area contributed by atoms with E-state index in [4.69, 9.17) is 5.26 Å². The first-order valence-corrected chi connectivity index (χ1v) is 3.07. The van der Waals surface area contributed by atoms with E-state index in [1.807, 2.05) is 6.07 Å². The molecular weight excluding hydrogens is 116 g/mol. The van der Waals surface area contributed by atoms with Gasteiger partial charge in [-0.1, -0.05) is 0 Å². The van der Waals surface area contributed by atoms with Gasteiger partial charge in [0.25, 0.3) is 0 Å². The quantitative estimate of drug-likeness (QED) is 0.503. The van der Waals surface area contributed by atoms with Crippen molar-refractivity contribution in [3.05, 3.63) is 0 Å². The molecule has 0 radical (unpaired) electrons. The van der Waals surface area contributed by atoms with Crippen LogP contribution in [0, 0.1) is 11.3 Å². The average molecular weight is 126 g/mol. The van der Waals surface area contributed by atoms with Crippen molar-refractivity contribution in [2.24, 2.45) is 0 Å². The van der Waals surface area contributed by atoms with Gasteiger partial charge in [0.1, 0.15) is 0 Å². The van der Waals surface area contributed by atoms with Crippen LogP contribution < -0.4 is 5.32 Å². The molecule has 0 saturated carbocycles. The molecule has 9 heavy (non-hydrogen) atoms. The van der Waals surface area contributed by atoms with E-state index in [9.17, 15) is 5.11 Å². The number of hydrogen-bond donors (Lipinski definition) is 2. The molecule has 0 spiro atoms. The van der Waals surface area contributed by atoms with Gasteiger partial charge in [-0.25, -0.2) is 0 Å². The Morgan fingerprint density at radius 3 is 3.00 bits per heavy atom. The van der Waals surface area contributed by atoms with Crippen LogP contribution in [-0.4, -0.2) is 23.8 Å². The maximum atomic E-state index is 9.41. The third kappa shape index (κ3) is 1.41. The third-order valence-electron chi connectivity index (χ3n) is 1.63. The van der Waals surface area contributed by atoms with Gasteiger partial charge in [-0.05, 0) is 13.0 Å². The number of rotatable bonds is 1. The monoisotopic (exact) mass is 126 g/mol. The van der Waals surface area contributed by atoms with Gasteiger partial charge in [0.15, 0.2) is 0 Å². The van der Waals surface area contributed by atoms with E-state index in [0.717, 1.165) is 6.54 Å². The molecule has 1 fully saturated rings. The fraction of sp³-hybridized carbons (Fsp3) is 0.833. The second kappa shape index (κ2) is 2.34. The van der Waals surface area contributed by atoms with Gasteiger partial charge < -0.3 is 10.4 Å². The van der Waals surface area contributed by atoms with E-state index in [1.54, 1.807) is 0 Å². The summed E-state index contributed by atoms with van der Waals surface area (Å²) in [7, 11) is 0. The molecular formula is C6H10N2O. The van der Waals surface area contributed by atoms with Gasteiger partial charge >= 0.3 is 0 Å². The van der Waals surface area contributed by atoms with Crippen molar-refractivity contribution in [3.8, 4) is 6.07 Å². The van der Waals surface area contributed by atoms with Crippen LogP contribution >= 0.6 is 0 Å². The van der Waals surface area contributed by atoms with Crippen LogP contribution in [0.5, 0.6) is 0 Å². The number of nitrogens with one attached hydrogen (secondary N) is 1. The van der Waals surface area contributed by atoms with Crippen molar-refractivity contribution < 1.29 is 5.11 Å². The number of β-amino-alcohol motifs (C(OH)–C–C–N with tert-alkyl or cyclic N) is 1. The molecule has 0 amide bonds. The number of nitrogens with zero attached hydrogens (tertiary/aromatic N) is 1. The van der Waals surface area contributed by atoms with Crippen molar-refractivity contribution in [1.29, 1.82) is 5.26 Å². The minimum absolute atomic E-state index is 0.250. The van der Waals surface area contributed by atoms with Gasteiger partial charge in [0.2, 0.25) is 0 Å². The van der Waals surface area contributed by atoms with Crippen LogP contribution in [0.2, 0.25) is 0 Å². The summed E-state index contributed by atoms with van der Waals surface area (Å²) in [5, 5.41) is 20.7. The highest BCUT2D eigenvalue weighted by Gasteiger charge is 2.30. The lowest BCUT2D eigenvalue weighted by Gasteiger charge is -2.15. The molecule has 1 aliphatic heterocycles. The summed E-state index contributed by atoms with van der Waals surface area (Å²) in [5.41, 5.74) is -0.727. The molecule has 0 aromatic carbocycles. The fourth-order valence-corrected chi connectivity index (χ4v) is 1.03. The molecule has 1 heterocycles. The zero-order chi connectivity index (χ0) is 6.74. The summed E-state index contributed by atoms with van der Waals surface area (Å²) >= 11 is 0. The van der Waals surface area contributed by atoms with Crippen LogP contribution in [0.3, 0.4) is 0 Å². The first-order valence-electron chi connectivity index (χ1n) is 3.07. The molecule has 0 aromatic rings. The summed E-state index contributed by atoms with van der Waals surface area (Å²) in [5.74, 6) is 0. The Morgan fingerprint density at radius 1 is 1.78 bits per heavy atom. The number of aliphatic hydroxyl groups is 1. The zero-order valence-corrected chi connectivity index (χ0v) is 5.22. The van der Waals surface area contributed by atoms with Crippen LogP contribution in [-0.2, 0) is 0 Å². The topological polar surface area (TPSA) is 56.0 Å². The second-order valence-electron chi connectivity index (χ2n) is 2.49. The Kier molecular flexibility index (Phi) is 1.70. The van der Waals surface area contributed by atoms with Gasteiger partial charge in [0, 0.05) is 6.54 Å². The lowest BCUT2D eigenvalue weighted by molar-refractivity contribution is 0.0665. The van der Waals surface area contributed by atoms with Gasteiger partial charge in [-0.15, -0.1) is 0 Å². The highest BCUT2D eigenvalue weighted by atomic mass is 16.3. The second-order valence-corrected chi connectivity index (χ2v) is 2.49. The van der Waals surface area contributed by atoms with Crippen molar-refractivity contribution in [2.75, 3.05) is 13.1 Å². The molecule has 0 aliphatic carbocycles. The van der Waals surface area contributed by atoms with Crippen molar-refractivity contribution in [3.63, 3.8) is 0 Å². The van der Waals surface area contributed by atoms with Crippen LogP contribution in [0.4, 0.5) is 0 Å². The van der Waals surface area contributed by atoms with E-state index >= 15 is 0 Å². The summed E-state index contributed by atoms with van der Waals surface area (Å²) in [6, 6.07) is 1.96. The molecule has 2 N–H and O–H groups in total. The molecule has 1 saturated heterocycles. The summed E-state index contributed by atoms with van der Waals surface area (Å²) in [6.07, 6.45) is 0.959. The van der Waals surface area contributed by atoms with E-state index < -0.39 is 5.60 Å². The largest absolute Gasteiger partial charge is 0.387 e. The lowest BCUT2D eigenvalue weighted by Crippen LogP contribution is -2.30. The molecule has 3 nitrogen and oxygen atoms in total. The number of hydrogen-bond acceptors (Lipinski definition) is 3. The van der Waals surface area contributed by atoms with E-state index in [2.05, 4.69) is 5.32 Å². The lowest BCUT2D eigenvalue weighted by atomic mass is 10.0. The maximum absolute atomic E-state index is 9.41. The standard InChI is InChI=1S/C6H10N2O/c7-3-1-6(9)2-4-8-5-6/h8-9H,1-2,4-5H2/t6-/m0/s1. The molecule has 0 unspecified atom stereocenters. The minimum Gasteiger partial charge on any atom is -0.387 e. The molecule has 50 valence electrons. The third-order valence-corrected chi connectivity index (χ3v) is 1.63. The molecule has 0 aromatic heterocycles. The Balaban J connectivity index is 2.43. The van der Waals surface area contributed by atoms with Crippen LogP contribution in [0.1, 0.15) is 12.8 Å². The highest BCUT2D eigenvalue weighted by molar-refractivity contribution is 4.94. The maximum Gasteiger partial charge on any atom is 0.0912 e. The molecule has 1 aliphatic rings. The summed E-state index contributed by atoms with van der Waals surface area (Å²) in [6.45, 7) is 1.40. The molecule has 1 atom stereocenters. The average Bonchev–Trinajstić information content (AvgIpc) is 2.16. The van der Waals surface area contributed by atoms with Gasteiger partial charge in [0.05, 0.1) is 18.1 Å². The van der Waals surface area contributed by atoms with E-state index in [1.165, 1.54) is 0 Å². The Bertz CT molecular complexity index is 132. The first kappa shape index (κ1) is 6.53.